The van der Waals surface area contributed by atoms with Crippen molar-refractivity contribution < 1.29 is 68.6 Å². The molecule has 0 spiro atoms. The van der Waals surface area contributed by atoms with E-state index in [4.69, 9.17) is 0 Å². The third-order valence-corrected chi connectivity index (χ3v) is 3.15. The zero-order valence-corrected chi connectivity index (χ0v) is 18.8. The van der Waals surface area contributed by atoms with E-state index in [1.54, 1.807) is 0 Å². The molecule has 0 bridgehead atoms. The molecule has 0 radical (unpaired) electrons. The van der Waals surface area contributed by atoms with E-state index in [0.29, 0.717) is 0 Å². The Morgan fingerprint density at radius 1 is 0.448 bits per heavy atom. The van der Waals surface area contributed by atoms with E-state index in [0.717, 1.165) is 0 Å². The van der Waals surface area contributed by atoms with Crippen LogP contribution < -0.4 is 0 Å². The molecule has 0 heterocycles. The minimum absolute atomic E-state index is 0. The molecule has 0 N–H and O–H groups in total. The SMILES string of the molecule is CCOS(=O)(=O)[O-].CCOS(=O)(=O)[O-].CCOS(=O)(=O)[O-].CCOS(=O)(=O)[O-].[C+4]. The average Bonchev–Trinajstić information content (AvgIpc) is 2.34. The fourth-order valence-electron chi connectivity index (χ4n) is 0.577. The van der Waals surface area contributed by atoms with Crippen LogP contribution in [-0.2, 0) is 58.3 Å². The van der Waals surface area contributed by atoms with Gasteiger partial charge in [0.05, 0.1) is 26.4 Å². The Labute approximate surface area is 171 Å². The molecule has 0 aromatic rings. The summed E-state index contributed by atoms with van der Waals surface area (Å²) in [6.45, 7) is 5.34. The minimum atomic E-state index is -4.42. The van der Waals surface area contributed by atoms with E-state index in [2.05, 4.69) is 16.7 Å². The molecule has 0 unspecified atom stereocenters. The van der Waals surface area contributed by atoms with Crippen molar-refractivity contribution in [3.63, 3.8) is 0 Å². The predicted molar refractivity (Wildman–Crippen MR) is 88.5 cm³/mol. The van der Waals surface area contributed by atoms with Gasteiger partial charge in [0.25, 0.3) is 0 Å². The maximum atomic E-state index is 9.45. The summed E-state index contributed by atoms with van der Waals surface area (Å²) in [6, 6.07) is 0. The molecule has 176 valence electrons. The van der Waals surface area contributed by atoms with Crippen LogP contribution in [0, 0.1) is 7.43 Å². The second kappa shape index (κ2) is 19.4. The molecule has 0 aliphatic carbocycles. The van der Waals surface area contributed by atoms with Crippen LogP contribution in [0.4, 0.5) is 0 Å². The van der Waals surface area contributed by atoms with Crippen LogP contribution in [0.15, 0.2) is 0 Å². The third kappa shape index (κ3) is 74.5. The van der Waals surface area contributed by atoms with Gasteiger partial charge in [0, 0.05) is 0 Å². The summed E-state index contributed by atoms with van der Waals surface area (Å²) in [5.74, 6) is 0. The van der Waals surface area contributed by atoms with Crippen molar-refractivity contribution in [2.45, 2.75) is 27.7 Å². The molecule has 20 heteroatoms. The first-order valence-electron chi connectivity index (χ1n) is 6.65. The second-order valence-corrected chi connectivity index (χ2v) is 7.47. The Kier molecular flexibility index (Phi) is 26.2. The zero-order chi connectivity index (χ0) is 23.7. The van der Waals surface area contributed by atoms with Crippen molar-refractivity contribution in [3.8, 4) is 0 Å². The Hall–Kier alpha value is -0.520. The standard InChI is InChI=1S/4C2H6O4S.C/c4*1-2-6-7(3,4)5;/h4*2H2,1H3,(H,3,4,5);/q;;;;+4/p-4. The number of hydrogen-bond acceptors (Lipinski definition) is 16. The molecule has 0 saturated heterocycles. The first-order valence-corrected chi connectivity index (χ1v) is 12.0. The summed E-state index contributed by atoms with van der Waals surface area (Å²) >= 11 is 0. The molecule has 29 heavy (non-hydrogen) atoms. The summed E-state index contributed by atoms with van der Waals surface area (Å²) < 4.78 is 128. The minimum Gasteiger partial charge on any atom is -0.726 e. The Balaban J connectivity index is -0.0000000873. The summed E-state index contributed by atoms with van der Waals surface area (Å²) in [6.07, 6.45) is 0. The molecule has 0 saturated carbocycles. The van der Waals surface area contributed by atoms with Gasteiger partial charge in [-0.2, -0.15) is 0 Å². The molecule has 0 atom stereocenters. The predicted octanol–water partition coefficient (Wildman–Crippen LogP) is -1.99. The smallest absolute Gasteiger partial charge is 0.726 e. The Bertz CT molecular complexity index is 628. The summed E-state index contributed by atoms with van der Waals surface area (Å²) in [7, 11) is -17.7. The number of hydrogen-bond donors (Lipinski definition) is 0. The van der Waals surface area contributed by atoms with Crippen molar-refractivity contribution >= 4 is 41.6 Å². The molecule has 0 amide bonds. The monoisotopic (exact) mass is 512 g/mol. The third-order valence-electron chi connectivity index (χ3n) is 1.05. The van der Waals surface area contributed by atoms with Gasteiger partial charge in [-0.1, -0.05) is 0 Å². The summed E-state index contributed by atoms with van der Waals surface area (Å²) in [5, 5.41) is 0. The van der Waals surface area contributed by atoms with E-state index >= 15 is 0 Å². The van der Waals surface area contributed by atoms with Gasteiger partial charge in [-0.05, 0) is 27.7 Å². The van der Waals surface area contributed by atoms with Crippen molar-refractivity contribution in [2.75, 3.05) is 26.4 Å². The fraction of sp³-hybridized carbons (Fsp3) is 0.889. The number of rotatable bonds is 8. The first kappa shape index (κ1) is 39.0. The van der Waals surface area contributed by atoms with E-state index in [-0.39, 0.29) is 33.9 Å². The van der Waals surface area contributed by atoms with Gasteiger partial charge in [-0.3, -0.25) is 16.7 Å². The van der Waals surface area contributed by atoms with E-state index in [1.165, 1.54) is 27.7 Å². The van der Waals surface area contributed by atoms with Gasteiger partial charge in [0.2, 0.25) is 41.6 Å². The van der Waals surface area contributed by atoms with Gasteiger partial charge in [0.1, 0.15) is 0 Å². The molecule has 0 rings (SSSR count). The topological polar surface area (TPSA) is 266 Å². The molecular weight excluding hydrogens is 492 g/mol. The molecule has 0 aliphatic rings. The van der Waals surface area contributed by atoms with Gasteiger partial charge in [-0.25, -0.2) is 33.7 Å². The van der Waals surface area contributed by atoms with Crippen LogP contribution >= 0.6 is 0 Å². The maximum absolute atomic E-state index is 9.45. The molecule has 16 nitrogen and oxygen atoms in total. The average molecular weight is 513 g/mol. The first-order chi connectivity index (χ1) is 12.2. The van der Waals surface area contributed by atoms with Crippen molar-refractivity contribution in [3.05, 3.63) is 7.43 Å². The van der Waals surface area contributed by atoms with Crippen LogP contribution in [0.25, 0.3) is 0 Å². The van der Waals surface area contributed by atoms with Crippen molar-refractivity contribution in [1.82, 2.24) is 0 Å². The van der Waals surface area contributed by atoms with Crippen LogP contribution in [-0.4, -0.2) is 78.3 Å². The quantitative estimate of drug-likeness (QED) is 0.251. The normalized spacial score (nSPS) is 11.3. The van der Waals surface area contributed by atoms with E-state index in [1.807, 2.05) is 0 Å². The van der Waals surface area contributed by atoms with E-state index in [9.17, 15) is 51.9 Å². The van der Waals surface area contributed by atoms with Gasteiger partial charge in [0.15, 0.2) is 0 Å². The zero-order valence-electron chi connectivity index (χ0n) is 15.5. The second-order valence-electron chi connectivity index (χ2n) is 3.26. The van der Waals surface area contributed by atoms with Crippen LogP contribution in [0.2, 0.25) is 0 Å². The summed E-state index contributed by atoms with van der Waals surface area (Å²) in [5.41, 5.74) is 0. The molecule has 0 fully saturated rings. The largest absolute Gasteiger partial charge is 4.00 e. The van der Waals surface area contributed by atoms with E-state index < -0.39 is 41.6 Å². The maximum Gasteiger partial charge on any atom is 4.00 e. The Morgan fingerprint density at radius 2 is 0.552 bits per heavy atom. The van der Waals surface area contributed by atoms with Gasteiger partial charge < -0.3 is 18.2 Å². The van der Waals surface area contributed by atoms with Crippen LogP contribution in [0.5, 0.6) is 0 Å². The Morgan fingerprint density at radius 3 is 0.552 bits per heavy atom. The van der Waals surface area contributed by atoms with Crippen LogP contribution in [0.1, 0.15) is 27.7 Å². The van der Waals surface area contributed by atoms with Gasteiger partial charge >= 0.3 is 7.43 Å². The molecular formula is C9H20O16S4. The molecule has 0 aromatic heterocycles. The van der Waals surface area contributed by atoms with Crippen LogP contribution in [0.3, 0.4) is 0 Å². The van der Waals surface area contributed by atoms with Gasteiger partial charge in [-0.15, -0.1) is 0 Å². The molecule has 0 aromatic carbocycles. The van der Waals surface area contributed by atoms with Crippen molar-refractivity contribution in [2.24, 2.45) is 0 Å². The summed E-state index contributed by atoms with van der Waals surface area (Å²) in [4.78, 5) is 0. The van der Waals surface area contributed by atoms with Crippen molar-refractivity contribution in [1.29, 1.82) is 0 Å². The fourth-order valence-corrected chi connectivity index (χ4v) is 1.73. The molecule has 0 aliphatic heterocycles.